The Kier molecular flexibility index (Phi) is 1.46. The summed E-state index contributed by atoms with van der Waals surface area (Å²) in [5.74, 6) is 0.879. The highest BCUT2D eigenvalue weighted by Gasteiger charge is 2.52. The van der Waals surface area contributed by atoms with E-state index in [0.29, 0.717) is 18.6 Å². The molecule has 72 valence electrons. The number of rotatable bonds is 0. The first-order valence-electron chi connectivity index (χ1n) is 4.93. The number of fused-ring (bicyclic) bond motifs is 3. The van der Waals surface area contributed by atoms with E-state index in [1.807, 2.05) is 4.90 Å². The van der Waals surface area contributed by atoms with E-state index in [1.165, 1.54) is 0 Å². The van der Waals surface area contributed by atoms with Crippen LogP contribution in [0, 0.1) is 5.92 Å². The number of hydrogen-bond acceptors (Lipinski definition) is 3. The van der Waals surface area contributed by atoms with Crippen LogP contribution in [0.15, 0.2) is 0 Å². The molecular formula is C9H14N2O2. The van der Waals surface area contributed by atoms with Crippen molar-refractivity contribution in [3.8, 4) is 0 Å². The minimum Gasteiger partial charge on any atom is -0.356 e. The fourth-order valence-electron chi connectivity index (χ4n) is 2.82. The smallest absolute Gasteiger partial charge is 0.222 e. The molecule has 0 aromatic carbocycles. The number of amides is 1. The molecule has 0 aromatic rings. The molecule has 2 atom stereocenters. The van der Waals surface area contributed by atoms with Crippen LogP contribution in [0.2, 0.25) is 0 Å². The zero-order chi connectivity index (χ0) is 8.89. The topological polar surface area (TPSA) is 41.6 Å². The maximum absolute atomic E-state index is 11.4. The molecule has 3 heterocycles. The van der Waals surface area contributed by atoms with Gasteiger partial charge in [-0.1, -0.05) is 0 Å². The van der Waals surface area contributed by atoms with E-state index in [-0.39, 0.29) is 5.60 Å². The molecule has 2 bridgehead atoms. The predicted molar refractivity (Wildman–Crippen MR) is 46.0 cm³/mol. The molecule has 3 aliphatic rings. The van der Waals surface area contributed by atoms with Crippen molar-refractivity contribution in [1.29, 1.82) is 0 Å². The SMILES string of the molecule is O=C1CC[C@@H]2CN1CC21CNCO1. The van der Waals surface area contributed by atoms with E-state index in [9.17, 15) is 4.79 Å². The Bertz CT molecular complexity index is 248. The lowest BCUT2D eigenvalue weighted by molar-refractivity contribution is -0.131. The second-order valence-electron chi connectivity index (χ2n) is 4.29. The fourth-order valence-corrected chi connectivity index (χ4v) is 2.82. The molecule has 1 amide bonds. The Morgan fingerprint density at radius 2 is 2.54 bits per heavy atom. The lowest BCUT2D eigenvalue weighted by atomic mass is 9.87. The number of ether oxygens (including phenoxy) is 1. The Morgan fingerprint density at radius 3 is 3.23 bits per heavy atom. The summed E-state index contributed by atoms with van der Waals surface area (Å²) in [4.78, 5) is 13.4. The summed E-state index contributed by atoms with van der Waals surface area (Å²) in [6.07, 6.45) is 1.73. The van der Waals surface area contributed by atoms with Gasteiger partial charge in [0, 0.05) is 25.4 Å². The highest BCUT2D eigenvalue weighted by molar-refractivity contribution is 5.77. The van der Waals surface area contributed by atoms with Crippen molar-refractivity contribution < 1.29 is 9.53 Å². The third-order valence-corrected chi connectivity index (χ3v) is 3.59. The van der Waals surface area contributed by atoms with Gasteiger partial charge in [-0.05, 0) is 6.42 Å². The van der Waals surface area contributed by atoms with Crippen LogP contribution in [-0.4, -0.2) is 42.8 Å². The monoisotopic (exact) mass is 182 g/mol. The minimum atomic E-state index is -0.0356. The molecule has 4 nitrogen and oxygen atoms in total. The molecule has 0 saturated carbocycles. The number of hydrogen-bond donors (Lipinski definition) is 1. The summed E-state index contributed by atoms with van der Waals surface area (Å²) in [5.41, 5.74) is -0.0356. The van der Waals surface area contributed by atoms with E-state index >= 15 is 0 Å². The van der Waals surface area contributed by atoms with Gasteiger partial charge >= 0.3 is 0 Å². The molecule has 3 fully saturated rings. The highest BCUT2D eigenvalue weighted by Crippen LogP contribution is 2.39. The Balaban J connectivity index is 1.89. The van der Waals surface area contributed by atoms with Gasteiger partial charge in [-0.25, -0.2) is 0 Å². The first-order valence-corrected chi connectivity index (χ1v) is 4.93. The number of piperidine rings is 1. The first-order chi connectivity index (χ1) is 6.30. The number of carbonyl (C=O) groups excluding carboxylic acids is 1. The van der Waals surface area contributed by atoms with Gasteiger partial charge in [-0.15, -0.1) is 0 Å². The summed E-state index contributed by atoms with van der Waals surface area (Å²) in [5, 5.41) is 3.22. The molecule has 0 aliphatic carbocycles. The summed E-state index contributed by atoms with van der Waals surface area (Å²) in [6, 6.07) is 0. The second-order valence-corrected chi connectivity index (χ2v) is 4.29. The van der Waals surface area contributed by atoms with Gasteiger partial charge in [0.1, 0.15) is 5.60 Å². The van der Waals surface area contributed by atoms with Crippen molar-refractivity contribution in [1.82, 2.24) is 10.2 Å². The Morgan fingerprint density at radius 1 is 1.62 bits per heavy atom. The number of nitrogens with zero attached hydrogens (tertiary/aromatic N) is 1. The van der Waals surface area contributed by atoms with Crippen molar-refractivity contribution in [2.45, 2.75) is 18.4 Å². The van der Waals surface area contributed by atoms with Crippen molar-refractivity contribution >= 4 is 5.91 Å². The van der Waals surface area contributed by atoms with Gasteiger partial charge in [-0.2, -0.15) is 0 Å². The maximum Gasteiger partial charge on any atom is 0.222 e. The van der Waals surface area contributed by atoms with Crippen LogP contribution >= 0.6 is 0 Å². The Labute approximate surface area is 77.2 Å². The van der Waals surface area contributed by atoms with Gasteiger partial charge in [0.2, 0.25) is 5.91 Å². The highest BCUT2D eigenvalue weighted by atomic mass is 16.5. The summed E-state index contributed by atoms with van der Waals surface area (Å²) in [6.45, 7) is 3.30. The lowest BCUT2D eigenvalue weighted by Crippen LogP contribution is -2.40. The summed E-state index contributed by atoms with van der Waals surface area (Å²) in [7, 11) is 0. The van der Waals surface area contributed by atoms with Crippen molar-refractivity contribution in [2.24, 2.45) is 5.92 Å². The van der Waals surface area contributed by atoms with Crippen LogP contribution in [0.4, 0.5) is 0 Å². The standard InChI is InChI=1S/C9H14N2O2/c12-8-2-1-7-3-11(8)5-9(7)4-10-6-13-9/h7,10H,1-6H2/t7-,9?/m1/s1. The average Bonchev–Trinajstić information content (AvgIpc) is 2.69. The van der Waals surface area contributed by atoms with Crippen LogP contribution < -0.4 is 5.32 Å². The molecule has 1 spiro atoms. The van der Waals surface area contributed by atoms with Crippen LogP contribution in [0.5, 0.6) is 0 Å². The maximum atomic E-state index is 11.4. The zero-order valence-corrected chi connectivity index (χ0v) is 7.58. The van der Waals surface area contributed by atoms with E-state index in [4.69, 9.17) is 4.74 Å². The molecule has 1 N–H and O–H groups in total. The molecule has 0 radical (unpaired) electrons. The third-order valence-electron chi connectivity index (χ3n) is 3.59. The fraction of sp³-hybridized carbons (Fsp3) is 0.889. The van der Waals surface area contributed by atoms with Gasteiger partial charge in [0.15, 0.2) is 0 Å². The van der Waals surface area contributed by atoms with Gasteiger partial charge in [0.25, 0.3) is 0 Å². The molecule has 1 unspecified atom stereocenters. The quantitative estimate of drug-likeness (QED) is 0.552. The third kappa shape index (κ3) is 0.957. The molecular weight excluding hydrogens is 168 g/mol. The van der Waals surface area contributed by atoms with Gasteiger partial charge < -0.3 is 9.64 Å². The first kappa shape index (κ1) is 7.76. The Hall–Kier alpha value is -0.610. The molecule has 3 rings (SSSR count). The molecule has 4 heteroatoms. The summed E-state index contributed by atoms with van der Waals surface area (Å²) < 4.78 is 5.76. The van der Waals surface area contributed by atoms with E-state index in [2.05, 4.69) is 5.32 Å². The molecule has 0 aromatic heterocycles. The second kappa shape index (κ2) is 2.45. The normalized spacial score (nSPS) is 43.5. The molecule has 13 heavy (non-hydrogen) atoms. The molecule has 3 aliphatic heterocycles. The van der Waals surface area contributed by atoms with Crippen LogP contribution in [0.1, 0.15) is 12.8 Å². The summed E-state index contributed by atoms with van der Waals surface area (Å²) >= 11 is 0. The predicted octanol–water partition coefficient (Wildman–Crippen LogP) is -0.445. The number of carbonyl (C=O) groups is 1. The minimum absolute atomic E-state index is 0.0356. The zero-order valence-electron chi connectivity index (χ0n) is 7.58. The number of nitrogens with one attached hydrogen (secondary N) is 1. The van der Waals surface area contributed by atoms with E-state index in [0.717, 1.165) is 32.5 Å². The van der Waals surface area contributed by atoms with Crippen molar-refractivity contribution in [3.63, 3.8) is 0 Å². The van der Waals surface area contributed by atoms with Crippen LogP contribution in [0.3, 0.4) is 0 Å². The van der Waals surface area contributed by atoms with E-state index < -0.39 is 0 Å². The van der Waals surface area contributed by atoms with Crippen LogP contribution in [-0.2, 0) is 9.53 Å². The lowest BCUT2D eigenvalue weighted by Gasteiger charge is -2.26. The largest absolute Gasteiger partial charge is 0.356 e. The average molecular weight is 182 g/mol. The van der Waals surface area contributed by atoms with Crippen molar-refractivity contribution in [2.75, 3.05) is 26.4 Å². The molecule has 3 saturated heterocycles. The van der Waals surface area contributed by atoms with Crippen molar-refractivity contribution in [3.05, 3.63) is 0 Å². The van der Waals surface area contributed by atoms with E-state index in [1.54, 1.807) is 0 Å². The van der Waals surface area contributed by atoms with Gasteiger partial charge in [-0.3, -0.25) is 10.1 Å². The van der Waals surface area contributed by atoms with Gasteiger partial charge in [0.05, 0.1) is 13.3 Å². The van der Waals surface area contributed by atoms with Crippen LogP contribution in [0.25, 0.3) is 0 Å².